The molecule has 1 aromatic rings. The average molecular weight is 219 g/mol. The van der Waals surface area contributed by atoms with Crippen molar-refractivity contribution in [2.75, 3.05) is 0 Å². The number of piperidine rings is 1. The van der Waals surface area contributed by atoms with Crippen LogP contribution in [0.5, 0.6) is 0 Å². The molecule has 84 valence electrons. The molecule has 0 bridgehead atoms. The minimum atomic E-state index is -0.329. The highest BCUT2D eigenvalue weighted by atomic mass is 16.2. The maximum absolute atomic E-state index is 11.6. The maximum atomic E-state index is 11.6. The third kappa shape index (κ3) is 2.09. The van der Waals surface area contributed by atoms with Crippen LogP contribution in [0.4, 0.5) is 0 Å². The van der Waals surface area contributed by atoms with Gasteiger partial charge in [-0.1, -0.05) is 0 Å². The standard InChI is InChI=1S/C11H13N3O2/c12-6-7-3-4-13-9(5-7)8-1-2-10(15)14-11(8)16/h3-5,8H,1-2,6,12H2,(H,14,15,16). The second-order valence-electron chi connectivity index (χ2n) is 3.80. The van der Waals surface area contributed by atoms with Crippen LogP contribution in [0.2, 0.25) is 0 Å². The Morgan fingerprint density at radius 2 is 2.31 bits per heavy atom. The Kier molecular flexibility index (Phi) is 2.96. The monoisotopic (exact) mass is 219 g/mol. The Morgan fingerprint density at radius 3 is 3.00 bits per heavy atom. The second kappa shape index (κ2) is 4.40. The minimum absolute atomic E-state index is 0.212. The summed E-state index contributed by atoms with van der Waals surface area (Å²) in [5.74, 6) is -0.807. The van der Waals surface area contributed by atoms with Gasteiger partial charge in [0.05, 0.1) is 11.6 Å². The molecule has 3 N–H and O–H groups in total. The zero-order valence-corrected chi connectivity index (χ0v) is 8.77. The van der Waals surface area contributed by atoms with Crippen LogP contribution in [0.15, 0.2) is 18.3 Å². The molecule has 1 fully saturated rings. The third-order valence-electron chi connectivity index (χ3n) is 2.68. The zero-order chi connectivity index (χ0) is 11.5. The van der Waals surface area contributed by atoms with E-state index < -0.39 is 0 Å². The van der Waals surface area contributed by atoms with Gasteiger partial charge in [0.25, 0.3) is 0 Å². The molecule has 0 aliphatic carbocycles. The number of pyridine rings is 1. The van der Waals surface area contributed by atoms with Crippen LogP contribution in [0, 0.1) is 0 Å². The molecule has 0 spiro atoms. The van der Waals surface area contributed by atoms with Gasteiger partial charge >= 0.3 is 0 Å². The first-order valence-corrected chi connectivity index (χ1v) is 5.19. The summed E-state index contributed by atoms with van der Waals surface area (Å²) in [7, 11) is 0. The van der Waals surface area contributed by atoms with Crippen molar-refractivity contribution in [2.45, 2.75) is 25.3 Å². The quantitative estimate of drug-likeness (QED) is 0.689. The van der Waals surface area contributed by atoms with Crippen LogP contribution < -0.4 is 11.1 Å². The van der Waals surface area contributed by atoms with E-state index in [0.717, 1.165) is 5.56 Å². The van der Waals surface area contributed by atoms with Crippen LogP contribution in [0.3, 0.4) is 0 Å². The van der Waals surface area contributed by atoms with E-state index in [1.807, 2.05) is 12.1 Å². The summed E-state index contributed by atoms with van der Waals surface area (Å²) in [5.41, 5.74) is 7.15. The molecular formula is C11H13N3O2. The van der Waals surface area contributed by atoms with Gasteiger partial charge in [-0.2, -0.15) is 0 Å². The Morgan fingerprint density at radius 1 is 1.50 bits per heavy atom. The van der Waals surface area contributed by atoms with Gasteiger partial charge in [-0.25, -0.2) is 0 Å². The first kappa shape index (κ1) is 10.8. The van der Waals surface area contributed by atoms with Gasteiger partial charge in [0.1, 0.15) is 0 Å². The fourth-order valence-corrected chi connectivity index (χ4v) is 1.79. The molecule has 0 radical (unpaired) electrons. The molecule has 5 nitrogen and oxygen atoms in total. The Bertz CT molecular complexity index is 431. The molecule has 1 saturated heterocycles. The molecule has 1 aliphatic heterocycles. The van der Waals surface area contributed by atoms with E-state index in [2.05, 4.69) is 10.3 Å². The lowest BCUT2D eigenvalue weighted by atomic mass is 9.93. The number of carbonyl (C=O) groups is 2. The van der Waals surface area contributed by atoms with E-state index in [9.17, 15) is 9.59 Å². The van der Waals surface area contributed by atoms with Crippen molar-refractivity contribution in [1.82, 2.24) is 10.3 Å². The number of rotatable bonds is 2. The highest BCUT2D eigenvalue weighted by molar-refractivity contribution is 6.00. The summed E-state index contributed by atoms with van der Waals surface area (Å²) in [4.78, 5) is 26.8. The van der Waals surface area contributed by atoms with Gasteiger partial charge in [0, 0.05) is 19.2 Å². The Balaban J connectivity index is 2.23. The highest BCUT2D eigenvalue weighted by Crippen LogP contribution is 2.23. The van der Waals surface area contributed by atoms with Crippen molar-refractivity contribution < 1.29 is 9.59 Å². The van der Waals surface area contributed by atoms with Gasteiger partial charge in [0.15, 0.2) is 0 Å². The largest absolute Gasteiger partial charge is 0.326 e. The van der Waals surface area contributed by atoms with Crippen molar-refractivity contribution in [3.8, 4) is 0 Å². The van der Waals surface area contributed by atoms with E-state index in [1.54, 1.807) is 6.20 Å². The maximum Gasteiger partial charge on any atom is 0.235 e. The second-order valence-corrected chi connectivity index (χ2v) is 3.80. The average Bonchev–Trinajstić information content (AvgIpc) is 2.29. The number of nitrogens with zero attached hydrogens (tertiary/aromatic N) is 1. The summed E-state index contributed by atoms with van der Waals surface area (Å²) < 4.78 is 0. The van der Waals surface area contributed by atoms with Crippen molar-refractivity contribution in [1.29, 1.82) is 0 Å². The summed E-state index contributed by atoms with van der Waals surface area (Å²) in [6.45, 7) is 0.419. The van der Waals surface area contributed by atoms with Gasteiger partial charge in [-0.15, -0.1) is 0 Å². The molecule has 1 unspecified atom stereocenters. The van der Waals surface area contributed by atoms with E-state index in [4.69, 9.17) is 5.73 Å². The SMILES string of the molecule is NCc1ccnc(C2CCC(=O)NC2=O)c1. The molecule has 1 aliphatic rings. The number of aromatic nitrogens is 1. The lowest BCUT2D eigenvalue weighted by Gasteiger charge is -2.20. The normalized spacial score (nSPS) is 20.7. The van der Waals surface area contributed by atoms with Crippen LogP contribution in [-0.2, 0) is 16.1 Å². The molecule has 16 heavy (non-hydrogen) atoms. The molecule has 5 heteroatoms. The summed E-state index contributed by atoms with van der Waals surface area (Å²) in [6.07, 6.45) is 2.53. The molecule has 2 rings (SSSR count). The van der Waals surface area contributed by atoms with Crippen molar-refractivity contribution in [3.63, 3.8) is 0 Å². The van der Waals surface area contributed by atoms with Crippen molar-refractivity contribution in [2.24, 2.45) is 5.73 Å². The van der Waals surface area contributed by atoms with Crippen LogP contribution >= 0.6 is 0 Å². The summed E-state index contributed by atoms with van der Waals surface area (Å²) in [6, 6.07) is 3.63. The van der Waals surface area contributed by atoms with Gasteiger partial charge in [-0.05, 0) is 24.1 Å². The Hall–Kier alpha value is -1.75. The lowest BCUT2D eigenvalue weighted by molar-refractivity contribution is -0.134. The smallest absolute Gasteiger partial charge is 0.235 e. The van der Waals surface area contributed by atoms with Gasteiger partial charge in [0.2, 0.25) is 11.8 Å². The number of hydrogen-bond acceptors (Lipinski definition) is 4. The number of carbonyl (C=O) groups excluding carboxylic acids is 2. The molecule has 2 heterocycles. The summed E-state index contributed by atoms with van der Waals surface area (Å²) in [5, 5.41) is 2.32. The van der Waals surface area contributed by atoms with E-state index in [1.165, 1.54) is 0 Å². The van der Waals surface area contributed by atoms with E-state index in [-0.39, 0.29) is 17.7 Å². The third-order valence-corrected chi connectivity index (χ3v) is 2.68. The summed E-state index contributed by atoms with van der Waals surface area (Å²) >= 11 is 0. The number of nitrogens with one attached hydrogen (secondary N) is 1. The van der Waals surface area contributed by atoms with Crippen LogP contribution in [0.25, 0.3) is 0 Å². The number of amides is 2. The first-order valence-electron chi connectivity index (χ1n) is 5.19. The van der Waals surface area contributed by atoms with E-state index in [0.29, 0.717) is 25.1 Å². The number of nitrogens with two attached hydrogens (primary N) is 1. The van der Waals surface area contributed by atoms with Gasteiger partial charge < -0.3 is 5.73 Å². The fraction of sp³-hybridized carbons (Fsp3) is 0.364. The van der Waals surface area contributed by atoms with Crippen LogP contribution in [-0.4, -0.2) is 16.8 Å². The van der Waals surface area contributed by atoms with Crippen molar-refractivity contribution in [3.05, 3.63) is 29.6 Å². The number of imide groups is 1. The van der Waals surface area contributed by atoms with Crippen molar-refractivity contribution >= 4 is 11.8 Å². The first-order chi connectivity index (χ1) is 7.70. The molecule has 0 saturated carbocycles. The molecule has 1 atom stereocenters. The predicted molar refractivity (Wildman–Crippen MR) is 57.3 cm³/mol. The number of hydrogen-bond donors (Lipinski definition) is 2. The zero-order valence-electron chi connectivity index (χ0n) is 8.77. The Labute approximate surface area is 93.0 Å². The molecular weight excluding hydrogens is 206 g/mol. The van der Waals surface area contributed by atoms with Gasteiger partial charge in [-0.3, -0.25) is 19.9 Å². The predicted octanol–water partition coefficient (Wildman–Crippen LogP) is 0.0605. The van der Waals surface area contributed by atoms with E-state index >= 15 is 0 Å². The molecule has 1 aromatic heterocycles. The van der Waals surface area contributed by atoms with Crippen LogP contribution in [0.1, 0.15) is 30.0 Å². The molecule has 2 amide bonds. The minimum Gasteiger partial charge on any atom is -0.326 e. The highest BCUT2D eigenvalue weighted by Gasteiger charge is 2.28. The molecule has 0 aromatic carbocycles. The fourth-order valence-electron chi connectivity index (χ4n) is 1.79. The lowest BCUT2D eigenvalue weighted by Crippen LogP contribution is -2.39. The topological polar surface area (TPSA) is 85.1 Å².